The van der Waals surface area contributed by atoms with Gasteiger partial charge in [-0.3, -0.25) is 9.59 Å². The van der Waals surface area contributed by atoms with E-state index in [1.165, 1.54) is 0 Å². The van der Waals surface area contributed by atoms with Crippen molar-refractivity contribution in [3.63, 3.8) is 0 Å². The number of hydrogen-bond donors (Lipinski definition) is 4. The summed E-state index contributed by atoms with van der Waals surface area (Å²) in [6.45, 7) is 25.1. The van der Waals surface area contributed by atoms with Gasteiger partial charge in [-0.25, -0.2) is 0 Å². The predicted octanol–water partition coefficient (Wildman–Crippen LogP) is 6.24. The SMILES string of the molecule is CC(C)(C)C1=C/C(=C/N[C@H]2C[C@H](O)[C@H](O)C[C@H]2N/C=C2/C=C(C(C)(C)C)C=C(C(C)(C)C)C2=O)C(=O)C(C(C)(C)C)=C1.[Co]. The van der Waals surface area contributed by atoms with Crippen LogP contribution in [0.2, 0.25) is 0 Å². The molecule has 1 saturated carbocycles. The van der Waals surface area contributed by atoms with Crippen LogP contribution >= 0.6 is 0 Å². The van der Waals surface area contributed by atoms with Crippen molar-refractivity contribution in [3.05, 3.63) is 70.1 Å². The van der Waals surface area contributed by atoms with Crippen LogP contribution in [0, 0.1) is 21.7 Å². The summed E-state index contributed by atoms with van der Waals surface area (Å²) in [6, 6.07) is -0.558. The van der Waals surface area contributed by atoms with Gasteiger partial charge in [-0.2, -0.15) is 0 Å². The Kier molecular flexibility index (Phi) is 11.2. The largest absolute Gasteiger partial charge is 0.390 e. The van der Waals surface area contributed by atoms with E-state index in [1.807, 2.05) is 65.8 Å². The van der Waals surface area contributed by atoms with Crippen LogP contribution in [0.1, 0.15) is 95.9 Å². The fourth-order valence-electron chi connectivity index (χ4n) is 5.42. The molecule has 7 heteroatoms. The van der Waals surface area contributed by atoms with Crippen molar-refractivity contribution >= 4 is 11.6 Å². The van der Waals surface area contributed by atoms with Crippen LogP contribution in [0.4, 0.5) is 0 Å². The zero-order valence-electron chi connectivity index (χ0n) is 28.2. The van der Waals surface area contributed by atoms with Crippen molar-refractivity contribution in [2.75, 3.05) is 0 Å². The summed E-state index contributed by atoms with van der Waals surface area (Å²) in [7, 11) is 0. The number of hydrogen-bond acceptors (Lipinski definition) is 6. The van der Waals surface area contributed by atoms with Crippen LogP contribution in [-0.2, 0) is 26.4 Å². The molecule has 241 valence electrons. The van der Waals surface area contributed by atoms with Gasteiger partial charge in [-0.05, 0) is 57.8 Å². The number of nitrogens with one attached hydrogen (secondary N) is 2. The first-order valence-electron chi connectivity index (χ1n) is 15.3. The Bertz CT molecular complexity index is 1180. The Morgan fingerprint density at radius 2 is 0.884 bits per heavy atom. The van der Waals surface area contributed by atoms with Gasteiger partial charge in [0.1, 0.15) is 0 Å². The zero-order valence-corrected chi connectivity index (χ0v) is 29.3. The molecule has 3 aliphatic rings. The van der Waals surface area contributed by atoms with Gasteiger partial charge >= 0.3 is 0 Å². The summed E-state index contributed by atoms with van der Waals surface area (Å²) in [6.07, 6.45) is 10.3. The molecule has 0 heterocycles. The average molecular weight is 638 g/mol. The van der Waals surface area contributed by atoms with Crippen molar-refractivity contribution in [3.8, 4) is 0 Å². The molecule has 0 spiro atoms. The summed E-state index contributed by atoms with van der Waals surface area (Å²) in [5, 5.41) is 27.9. The smallest absolute Gasteiger partial charge is 0.191 e. The summed E-state index contributed by atoms with van der Waals surface area (Å²) in [5.41, 5.74) is 3.95. The van der Waals surface area contributed by atoms with Crippen LogP contribution < -0.4 is 10.6 Å². The standard InChI is InChI=1S/C36H54N2O4.Co/c1-33(2,3)23-13-21(31(41)25(15-23)35(7,8)9)19-37-27-17-29(39)30(40)18-28(27)38-20-22-14-24(34(4,5)6)16-26(32(22)42)36(10,11)12;/h13-16,19-20,27-30,37-40H,17-18H2,1-12H3;/b21-19-,22-20-;/t27-,28+,29-,30+;. The number of carbonyl (C=O) groups excluding carboxylic acids is 2. The molecule has 4 N–H and O–H groups in total. The Hall–Kier alpha value is -2.19. The molecule has 43 heavy (non-hydrogen) atoms. The van der Waals surface area contributed by atoms with Crippen LogP contribution in [0.3, 0.4) is 0 Å². The first-order valence-corrected chi connectivity index (χ1v) is 15.3. The van der Waals surface area contributed by atoms with E-state index >= 15 is 0 Å². The summed E-state index contributed by atoms with van der Waals surface area (Å²) < 4.78 is 0. The minimum atomic E-state index is -0.890. The molecule has 0 aromatic heterocycles. The number of carbonyl (C=O) groups is 2. The third-order valence-corrected chi connectivity index (χ3v) is 8.41. The molecular weight excluding hydrogens is 583 g/mol. The second-order valence-corrected chi connectivity index (χ2v) is 16.3. The topological polar surface area (TPSA) is 98.7 Å². The van der Waals surface area contributed by atoms with Gasteiger partial charge in [0.15, 0.2) is 11.6 Å². The average Bonchev–Trinajstić information content (AvgIpc) is 2.82. The zero-order chi connectivity index (χ0) is 32.0. The first-order chi connectivity index (χ1) is 19.0. The van der Waals surface area contributed by atoms with Crippen LogP contribution in [0.15, 0.2) is 70.1 Å². The second kappa shape index (κ2) is 13.0. The van der Waals surface area contributed by atoms with Gasteiger partial charge in [0.05, 0.1) is 12.2 Å². The van der Waals surface area contributed by atoms with Crippen molar-refractivity contribution in [1.29, 1.82) is 0 Å². The molecule has 0 amide bonds. The molecule has 3 rings (SSSR count). The van der Waals surface area contributed by atoms with E-state index in [1.54, 1.807) is 12.4 Å². The fourth-order valence-corrected chi connectivity index (χ4v) is 5.42. The molecule has 1 radical (unpaired) electrons. The molecule has 4 atom stereocenters. The molecule has 0 saturated heterocycles. The van der Waals surface area contributed by atoms with E-state index in [2.05, 4.69) is 52.2 Å². The third kappa shape index (κ3) is 8.93. The number of aliphatic hydroxyl groups is 2. The molecule has 6 nitrogen and oxygen atoms in total. The summed E-state index contributed by atoms with van der Waals surface area (Å²) >= 11 is 0. The van der Waals surface area contributed by atoms with Crippen LogP contribution in [0.25, 0.3) is 0 Å². The molecule has 3 aliphatic carbocycles. The fraction of sp³-hybridized carbons (Fsp3) is 0.611. The molecule has 0 bridgehead atoms. The Morgan fingerprint density at radius 1 is 0.581 bits per heavy atom. The van der Waals surface area contributed by atoms with Crippen molar-refractivity contribution in [1.82, 2.24) is 10.6 Å². The number of aliphatic hydroxyl groups excluding tert-OH is 2. The Labute approximate surface area is 270 Å². The molecule has 0 aliphatic heterocycles. The molecule has 1 fully saturated rings. The predicted molar refractivity (Wildman–Crippen MR) is 171 cm³/mol. The van der Waals surface area contributed by atoms with E-state index < -0.39 is 12.2 Å². The molecule has 0 aromatic carbocycles. The number of allylic oxidation sites excluding steroid dienone is 10. The molecular formula is C36H54CoN2O4. The minimum Gasteiger partial charge on any atom is -0.390 e. The van der Waals surface area contributed by atoms with Crippen LogP contribution in [0.5, 0.6) is 0 Å². The normalized spacial score (nSPS) is 27.7. The van der Waals surface area contributed by atoms with Gasteiger partial charge in [-0.15, -0.1) is 0 Å². The quantitative estimate of drug-likeness (QED) is 0.273. The van der Waals surface area contributed by atoms with Gasteiger partial charge in [-0.1, -0.05) is 95.2 Å². The maximum atomic E-state index is 13.5. The maximum absolute atomic E-state index is 13.5. The van der Waals surface area contributed by atoms with E-state index in [4.69, 9.17) is 0 Å². The number of rotatable bonds is 4. The Balaban J connectivity index is 0.00000645. The first kappa shape index (κ1) is 37.0. The molecule has 0 unspecified atom stereocenters. The number of Topliss-reactive ketones (excluding diaryl/α,β-unsaturated/α-hetero) is 2. The van der Waals surface area contributed by atoms with Crippen molar-refractivity contribution in [2.45, 2.75) is 120 Å². The number of ketones is 2. The van der Waals surface area contributed by atoms with Gasteiger partial charge < -0.3 is 20.8 Å². The van der Waals surface area contributed by atoms with Gasteiger partial charge in [0.25, 0.3) is 0 Å². The molecule has 0 aromatic rings. The third-order valence-electron chi connectivity index (χ3n) is 8.41. The summed E-state index contributed by atoms with van der Waals surface area (Å²) in [4.78, 5) is 27.0. The summed E-state index contributed by atoms with van der Waals surface area (Å²) in [5.74, 6) is -0.0275. The van der Waals surface area contributed by atoms with Crippen molar-refractivity contribution in [2.24, 2.45) is 21.7 Å². The van der Waals surface area contributed by atoms with E-state index in [0.29, 0.717) is 24.0 Å². The monoisotopic (exact) mass is 637 g/mol. The maximum Gasteiger partial charge on any atom is 0.191 e. The van der Waals surface area contributed by atoms with E-state index in [0.717, 1.165) is 22.3 Å². The van der Waals surface area contributed by atoms with Gasteiger partial charge in [0.2, 0.25) is 0 Å². The van der Waals surface area contributed by atoms with E-state index in [-0.39, 0.29) is 62.1 Å². The van der Waals surface area contributed by atoms with E-state index in [9.17, 15) is 19.8 Å². The second-order valence-electron chi connectivity index (χ2n) is 16.3. The minimum absolute atomic E-state index is 0. The van der Waals surface area contributed by atoms with Crippen LogP contribution in [-0.4, -0.2) is 46.1 Å². The Morgan fingerprint density at radius 3 is 1.14 bits per heavy atom. The van der Waals surface area contributed by atoms with Crippen molar-refractivity contribution < 1.29 is 36.6 Å². The van der Waals surface area contributed by atoms with Gasteiger partial charge in [0, 0.05) is 63.6 Å².